The van der Waals surface area contributed by atoms with Gasteiger partial charge in [0.2, 0.25) is 0 Å². The quantitative estimate of drug-likeness (QED) is 0.179. The molecule has 0 aromatic carbocycles. The molecule has 1 rings (SSSR count). The molecule has 0 radical (unpaired) electrons. The molecular weight excluding hydrogens is 350 g/mol. The van der Waals surface area contributed by atoms with Gasteiger partial charge in [0.25, 0.3) is 0 Å². The van der Waals surface area contributed by atoms with Crippen molar-refractivity contribution in [3.05, 3.63) is 0 Å². The fourth-order valence-corrected chi connectivity index (χ4v) is 3.87. The number of carboxylic acids is 1. The van der Waals surface area contributed by atoms with E-state index >= 15 is 0 Å². The van der Waals surface area contributed by atoms with Crippen molar-refractivity contribution < 1.29 is 19.4 Å². The lowest BCUT2D eigenvalue weighted by molar-refractivity contribution is -0.137. The van der Waals surface area contributed by atoms with E-state index in [-0.39, 0.29) is 5.30 Å². The number of aliphatic carboxylic acids is 1. The highest BCUT2D eigenvalue weighted by atomic mass is 32.2. The minimum atomic E-state index is -0.669. The van der Waals surface area contributed by atoms with Crippen LogP contribution in [0.4, 0.5) is 4.79 Å². The predicted molar refractivity (Wildman–Crippen MR) is 107 cm³/mol. The second-order valence-corrected chi connectivity index (χ2v) is 8.13. The third kappa shape index (κ3) is 14.4. The van der Waals surface area contributed by atoms with Crippen LogP contribution in [0.3, 0.4) is 0 Å². The Morgan fingerprint density at radius 1 is 0.885 bits per heavy atom. The van der Waals surface area contributed by atoms with E-state index in [1.165, 1.54) is 77.0 Å². The monoisotopic (exact) mass is 387 g/mol. The van der Waals surface area contributed by atoms with Crippen molar-refractivity contribution >= 4 is 23.2 Å². The molecule has 0 aromatic heterocycles. The molecule has 1 atom stereocenters. The molecule has 1 saturated heterocycles. The summed E-state index contributed by atoms with van der Waals surface area (Å²) < 4.78 is 8.16. The standard InChI is InChI=1S/C20H37NO4S/c22-19(23)16-14-12-10-8-6-4-2-1-3-5-7-9-11-13-15-18-17-25-20(24)26-21-18/h18,21H,1-17H2,(H,22,23). The molecule has 0 aliphatic carbocycles. The summed E-state index contributed by atoms with van der Waals surface area (Å²) in [7, 11) is 0. The molecule has 5 nitrogen and oxygen atoms in total. The number of nitrogens with one attached hydrogen (secondary N) is 1. The summed E-state index contributed by atoms with van der Waals surface area (Å²) in [5.74, 6) is -0.669. The number of ether oxygens (including phenoxy) is 1. The second kappa shape index (κ2) is 16.4. The van der Waals surface area contributed by atoms with E-state index in [1.807, 2.05) is 0 Å². The summed E-state index contributed by atoms with van der Waals surface area (Å²) in [6.45, 7) is 0.522. The van der Waals surface area contributed by atoms with Crippen LogP contribution in [0.25, 0.3) is 0 Å². The molecule has 1 aliphatic rings. The van der Waals surface area contributed by atoms with Crippen LogP contribution < -0.4 is 4.72 Å². The third-order valence-electron chi connectivity index (χ3n) is 4.90. The van der Waals surface area contributed by atoms with Gasteiger partial charge in [-0.05, 0) is 12.8 Å². The van der Waals surface area contributed by atoms with E-state index in [4.69, 9.17) is 9.84 Å². The van der Waals surface area contributed by atoms with Gasteiger partial charge < -0.3 is 9.84 Å². The molecule has 0 spiro atoms. The Morgan fingerprint density at radius 3 is 1.77 bits per heavy atom. The van der Waals surface area contributed by atoms with Crippen molar-refractivity contribution in [2.45, 2.75) is 109 Å². The van der Waals surface area contributed by atoms with Crippen molar-refractivity contribution in [2.24, 2.45) is 0 Å². The molecule has 1 unspecified atom stereocenters. The van der Waals surface area contributed by atoms with E-state index < -0.39 is 5.97 Å². The number of hydrogen-bond donors (Lipinski definition) is 2. The van der Waals surface area contributed by atoms with E-state index in [9.17, 15) is 9.59 Å². The highest BCUT2D eigenvalue weighted by Crippen LogP contribution is 2.16. The number of cyclic esters (lactones) is 1. The average molecular weight is 388 g/mol. The number of carbonyl (C=O) groups excluding carboxylic acids is 1. The summed E-state index contributed by atoms with van der Waals surface area (Å²) in [5, 5.41) is 8.35. The maximum Gasteiger partial charge on any atom is 0.382 e. The molecule has 0 saturated carbocycles. The number of carbonyl (C=O) groups is 2. The first kappa shape index (κ1) is 23.3. The molecule has 152 valence electrons. The van der Waals surface area contributed by atoms with Gasteiger partial charge in [0.15, 0.2) is 0 Å². The summed E-state index contributed by atoms with van der Waals surface area (Å²) in [4.78, 5) is 21.3. The van der Waals surface area contributed by atoms with Crippen LogP contribution in [0.15, 0.2) is 0 Å². The Hall–Kier alpha value is -0.750. The van der Waals surface area contributed by atoms with Crippen molar-refractivity contribution in [2.75, 3.05) is 6.61 Å². The Bertz CT molecular complexity index is 369. The van der Waals surface area contributed by atoms with Crippen LogP contribution in [-0.2, 0) is 9.53 Å². The highest BCUT2D eigenvalue weighted by molar-refractivity contribution is 8.11. The van der Waals surface area contributed by atoms with Crippen LogP contribution in [0.2, 0.25) is 0 Å². The van der Waals surface area contributed by atoms with E-state index in [2.05, 4.69) is 4.72 Å². The number of hydrogen-bond acceptors (Lipinski definition) is 5. The lowest BCUT2D eigenvalue weighted by atomic mass is 10.0. The Morgan fingerprint density at radius 2 is 1.35 bits per heavy atom. The SMILES string of the molecule is O=C(O)CCCCCCCCCCCCCCCCC1COC(=O)SN1. The van der Waals surface area contributed by atoms with Crippen LogP contribution in [0.1, 0.15) is 103 Å². The van der Waals surface area contributed by atoms with Gasteiger partial charge in [-0.1, -0.05) is 83.5 Å². The second-order valence-electron chi connectivity index (χ2n) is 7.36. The Labute approximate surface area is 163 Å². The zero-order chi connectivity index (χ0) is 18.9. The van der Waals surface area contributed by atoms with Crippen LogP contribution in [0, 0.1) is 0 Å². The van der Waals surface area contributed by atoms with Crippen molar-refractivity contribution in [1.29, 1.82) is 0 Å². The van der Waals surface area contributed by atoms with Gasteiger partial charge in [-0.2, -0.15) is 0 Å². The minimum absolute atomic E-state index is 0.211. The molecule has 0 aromatic rings. The maximum atomic E-state index is 10.9. The summed E-state index contributed by atoms with van der Waals surface area (Å²) in [6, 6.07) is 0.329. The lowest BCUT2D eigenvalue weighted by Crippen LogP contribution is -2.35. The molecule has 6 heteroatoms. The molecule has 0 amide bonds. The maximum absolute atomic E-state index is 10.9. The number of rotatable bonds is 17. The van der Waals surface area contributed by atoms with Crippen LogP contribution in [0.5, 0.6) is 0 Å². The normalized spacial score (nSPS) is 17.2. The smallest absolute Gasteiger partial charge is 0.382 e. The molecule has 1 fully saturated rings. The van der Waals surface area contributed by atoms with Gasteiger partial charge in [0.05, 0.1) is 6.04 Å². The van der Waals surface area contributed by atoms with Gasteiger partial charge in [0, 0.05) is 18.4 Å². The first-order valence-electron chi connectivity index (χ1n) is 10.5. The molecule has 0 bridgehead atoms. The topological polar surface area (TPSA) is 75.6 Å². The lowest BCUT2D eigenvalue weighted by Gasteiger charge is -2.21. The van der Waals surface area contributed by atoms with E-state index in [0.29, 0.717) is 19.1 Å². The molecular formula is C20H37NO4S. The molecule has 1 aliphatic heterocycles. The molecule has 26 heavy (non-hydrogen) atoms. The molecule has 2 N–H and O–H groups in total. The summed E-state index contributed by atoms with van der Waals surface area (Å²) in [5.41, 5.74) is 0. The number of carboxylic acid groups (broad SMARTS) is 1. The van der Waals surface area contributed by atoms with Gasteiger partial charge in [0.1, 0.15) is 6.61 Å². The first-order valence-corrected chi connectivity index (χ1v) is 11.3. The number of unbranched alkanes of at least 4 members (excludes halogenated alkanes) is 13. The van der Waals surface area contributed by atoms with Crippen molar-refractivity contribution in [1.82, 2.24) is 4.72 Å². The van der Waals surface area contributed by atoms with Gasteiger partial charge >= 0.3 is 11.3 Å². The largest absolute Gasteiger partial charge is 0.481 e. The van der Waals surface area contributed by atoms with Gasteiger partial charge in [-0.15, -0.1) is 0 Å². The zero-order valence-corrected chi connectivity index (χ0v) is 17.0. The Balaban J connectivity index is 1.69. The van der Waals surface area contributed by atoms with E-state index in [0.717, 1.165) is 31.2 Å². The zero-order valence-electron chi connectivity index (χ0n) is 16.2. The predicted octanol–water partition coefficient (Wildman–Crippen LogP) is 6.07. The van der Waals surface area contributed by atoms with Crippen molar-refractivity contribution in [3.8, 4) is 0 Å². The first-order chi connectivity index (χ1) is 12.7. The van der Waals surface area contributed by atoms with Crippen LogP contribution in [-0.4, -0.2) is 29.0 Å². The fourth-order valence-electron chi connectivity index (χ4n) is 3.29. The Kier molecular flexibility index (Phi) is 14.7. The van der Waals surface area contributed by atoms with Crippen LogP contribution >= 0.6 is 11.9 Å². The highest BCUT2D eigenvalue weighted by Gasteiger charge is 2.19. The summed E-state index contributed by atoms with van der Waals surface area (Å²) in [6.07, 6.45) is 18.9. The minimum Gasteiger partial charge on any atom is -0.481 e. The fraction of sp³-hybridized carbons (Fsp3) is 0.900. The third-order valence-corrected chi connectivity index (χ3v) is 5.64. The average Bonchev–Trinajstić information content (AvgIpc) is 2.62. The summed E-state index contributed by atoms with van der Waals surface area (Å²) >= 11 is 1.08. The van der Waals surface area contributed by atoms with Crippen molar-refractivity contribution in [3.63, 3.8) is 0 Å². The van der Waals surface area contributed by atoms with Gasteiger partial charge in [-0.25, -0.2) is 9.52 Å². The molecule has 1 heterocycles. The van der Waals surface area contributed by atoms with Gasteiger partial charge in [-0.3, -0.25) is 4.79 Å². The van der Waals surface area contributed by atoms with E-state index in [1.54, 1.807) is 0 Å².